The Morgan fingerprint density at radius 2 is 0.947 bits per heavy atom. The highest BCUT2D eigenvalue weighted by Crippen LogP contribution is 2.26. The second-order valence-electron chi connectivity index (χ2n) is 12.6. The first-order valence-electron chi connectivity index (χ1n) is 17.0. The third-order valence-electron chi connectivity index (χ3n) is 8.76. The normalized spacial score (nSPS) is 15.2. The molecule has 1 heterocycles. The van der Waals surface area contributed by atoms with Crippen molar-refractivity contribution >= 4 is 0 Å². The van der Waals surface area contributed by atoms with Crippen LogP contribution in [0.5, 0.6) is 0 Å². The molecule has 220 valence electrons. The number of hydrogen-bond donors (Lipinski definition) is 0. The summed E-state index contributed by atoms with van der Waals surface area (Å²) in [6.07, 6.45) is 18.8. The van der Waals surface area contributed by atoms with Crippen LogP contribution in [0, 0.1) is 0 Å². The van der Waals surface area contributed by atoms with Crippen LogP contribution in [-0.4, -0.2) is 60.1 Å². The van der Waals surface area contributed by atoms with Gasteiger partial charge in [-0.2, -0.15) is 0 Å². The second-order valence-corrected chi connectivity index (χ2v) is 12.6. The first-order valence-corrected chi connectivity index (χ1v) is 17.0. The van der Waals surface area contributed by atoms with Gasteiger partial charge in [0, 0.05) is 31.5 Å². The molecule has 38 heavy (non-hydrogen) atoms. The zero-order chi connectivity index (χ0) is 27.5. The number of nitrogens with zero attached hydrogens (tertiary/aromatic N) is 3. The predicted octanol–water partition coefficient (Wildman–Crippen LogP) is 9.18. The number of likely N-dealkylation sites (tertiary alicyclic amines) is 1. The third-order valence-corrected chi connectivity index (χ3v) is 8.76. The fourth-order valence-corrected chi connectivity index (χ4v) is 6.45. The molecular formula is C35H66N3+. The van der Waals surface area contributed by atoms with Gasteiger partial charge in [0.2, 0.25) is 0 Å². The fraction of sp³-hybridized carbons (Fsp3) is 0.829. The Bertz CT molecular complexity index is 667. The maximum Gasteiger partial charge on any atom is 0.104 e. The van der Waals surface area contributed by atoms with Crippen LogP contribution < -0.4 is 0 Å². The Morgan fingerprint density at radius 1 is 0.526 bits per heavy atom. The molecule has 1 aliphatic heterocycles. The first kappa shape index (κ1) is 33.3. The number of unbranched alkanes of at least 4 members (excludes halogenated alkanes) is 7. The average Bonchev–Trinajstić information content (AvgIpc) is 3.37. The van der Waals surface area contributed by atoms with Crippen molar-refractivity contribution in [3.8, 4) is 0 Å². The molecule has 0 atom stereocenters. The number of hydrogen-bond acceptors (Lipinski definition) is 2. The lowest BCUT2D eigenvalue weighted by Gasteiger charge is -2.35. The third kappa shape index (κ3) is 13.0. The van der Waals surface area contributed by atoms with E-state index < -0.39 is 0 Å². The molecule has 1 saturated heterocycles. The van der Waals surface area contributed by atoms with Gasteiger partial charge in [0.05, 0.1) is 19.6 Å². The number of quaternary nitrogens is 1. The van der Waals surface area contributed by atoms with E-state index in [4.69, 9.17) is 0 Å². The fourth-order valence-electron chi connectivity index (χ4n) is 6.45. The van der Waals surface area contributed by atoms with E-state index in [1.807, 2.05) is 0 Å². The lowest BCUT2D eigenvalue weighted by Crippen LogP contribution is -2.45. The van der Waals surface area contributed by atoms with Gasteiger partial charge >= 0.3 is 0 Å². The molecule has 3 heteroatoms. The van der Waals surface area contributed by atoms with E-state index in [1.165, 1.54) is 147 Å². The largest absolute Gasteiger partial charge is 0.320 e. The Balaban J connectivity index is 2.29. The number of rotatable bonds is 23. The zero-order valence-corrected chi connectivity index (χ0v) is 26.5. The van der Waals surface area contributed by atoms with Crippen LogP contribution in [0.2, 0.25) is 0 Å². The summed E-state index contributed by atoms with van der Waals surface area (Å²) in [5.74, 6) is 0. The molecule has 0 N–H and O–H groups in total. The van der Waals surface area contributed by atoms with Crippen molar-refractivity contribution in [2.75, 3.05) is 45.8 Å². The Labute approximate surface area is 238 Å². The van der Waals surface area contributed by atoms with Gasteiger partial charge in [-0.25, -0.2) is 0 Å². The predicted molar refractivity (Wildman–Crippen MR) is 169 cm³/mol. The maximum atomic E-state index is 2.76. The van der Waals surface area contributed by atoms with Crippen molar-refractivity contribution in [1.29, 1.82) is 0 Å². The van der Waals surface area contributed by atoms with E-state index >= 15 is 0 Å². The summed E-state index contributed by atoms with van der Waals surface area (Å²) in [5.41, 5.74) is 4.76. The smallest absolute Gasteiger partial charge is 0.104 e. The summed E-state index contributed by atoms with van der Waals surface area (Å²) in [6.45, 7) is 24.3. The Hall–Kier alpha value is -0.900. The molecule has 0 bridgehead atoms. The monoisotopic (exact) mass is 529 g/mol. The molecule has 1 aliphatic rings. The van der Waals surface area contributed by atoms with Gasteiger partial charge in [0.15, 0.2) is 0 Å². The van der Waals surface area contributed by atoms with Crippen LogP contribution in [0.1, 0.15) is 141 Å². The molecule has 2 rings (SSSR count). The van der Waals surface area contributed by atoms with Gasteiger partial charge in [-0.1, -0.05) is 85.6 Å². The first-order chi connectivity index (χ1) is 18.6. The molecule has 0 aliphatic carbocycles. The van der Waals surface area contributed by atoms with Gasteiger partial charge < -0.3 is 4.48 Å². The molecule has 0 amide bonds. The van der Waals surface area contributed by atoms with Crippen molar-refractivity contribution in [2.24, 2.45) is 0 Å². The zero-order valence-electron chi connectivity index (χ0n) is 26.5. The summed E-state index contributed by atoms with van der Waals surface area (Å²) in [4.78, 5) is 5.52. The summed E-state index contributed by atoms with van der Waals surface area (Å²) in [6, 6.07) is 7.81. The maximum absolute atomic E-state index is 2.76. The lowest BCUT2D eigenvalue weighted by atomic mass is 10.0. The van der Waals surface area contributed by atoms with E-state index in [2.05, 4.69) is 62.6 Å². The van der Waals surface area contributed by atoms with Crippen LogP contribution in [0.4, 0.5) is 0 Å². The molecule has 0 radical (unpaired) electrons. The van der Waals surface area contributed by atoms with E-state index in [-0.39, 0.29) is 0 Å². The van der Waals surface area contributed by atoms with E-state index in [1.54, 1.807) is 16.7 Å². The van der Waals surface area contributed by atoms with Crippen LogP contribution in [0.25, 0.3) is 0 Å². The molecule has 0 unspecified atom stereocenters. The molecule has 0 aromatic heterocycles. The molecular weight excluding hydrogens is 462 g/mol. The standard InChI is InChI=1S/C35H66N3/c1-6-11-16-22-36(20-13-8-3)30-33-27-34(31-37(21-14-9-4)23-17-12-7-2)29-35(28-33)32-38(24-15-10-5)25-18-19-26-38/h27-29H,6-26,30-32H2,1-5H3/q+1. The van der Waals surface area contributed by atoms with E-state index in [0.717, 1.165) is 13.1 Å². The van der Waals surface area contributed by atoms with Gasteiger partial charge in [-0.15, -0.1) is 0 Å². The summed E-state index contributed by atoms with van der Waals surface area (Å²) >= 11 is 0. The SMILES string of the molecule is CCCCCN(CCCC)Cc1cc(CN(CCCC)CCCCC)cc(C[N+]2(CCCC)CCCC2)c1. The second kappa shape index (κ2) is 20.0. The van der Waals surface area contributed by atoms with Gasteiger partial charge in [0.25, 0.3) is 0 Å². The minimum atomic E-state index is 1.13. The van der Waals surface area contributed by atoms with E-state index in [0.29, 0.717) is 0 Å². The van der Waals surface area contributed by atoms with Gasteiger partial charge in [-0.3, -0.25) is 9.80 Å². The molecule has 1 aromatic rings. The Morgan fingerprint density at radius 3 is 1.39 bits per heavy atom. The highest BCUT2D eigenvalue weighted by molar-refractivity contribution is 5.30. The lowest BCUT2D eigenvalue weighted by molar-refractivity contribution is -0.929. The topological polar surface area (TPSA) is 6.48 Å². The number of benzene rings is 1. The van der Waals surface area contributed by atoms with Crippen LogP contribution in [0.3, 0.4) is 0 Å². The van der Waals surface area contributed by atoms with Crippen molar-refractivity contribution in [1.82, 2.24) is 9.80 Å². The van der Waals surface area contributed by atoms with Crippen LogP contribution >= 0.6 is 0 Å². The molecule has 1 fully saturated rings. The molecule has 0 saturated carbocycles. The van der Waals surface area contributed by atoms with Crippen molar-refractivity contribution in [3.63, 3.8) is 0 Å². The quantitative estimate of drug-likeness (QED) is 0.103. The highest BCUT2D eigenvalue weighted by atomic mass is 15.4. The molecule has 0 spiro atoms. The van der Waals surface area contributed by atoms with Crippen LogP contribution in [-0.2, 0) is 19.6 Å². The molecule has 3 nitrogen and oxygen atoms in total. The Kier molecular flexibility index (Phi) is 17.6. The van der Waals surface area contributed by atoms with Gasteiger partial charge in [-0.05, 0) is 81.5 Å². The molecule has 1 aromatic carbocycles. The van der Waals surface area contributed by atoms with Crippen molar-refractivity contribution in [2.45, 2.75) is 144 Å². The summed E-state index contributed by atoms with van der Waals surface area (Å²) in [7, 11) is 0. The van der Waals surface area contributed by atoms with E-state index in [9.17, 15) is 0 Å². The highest BCUT2D eigenvalue weighted by Gasteiger charge is 2.31. The minimum absolute atomic E-state index is 1.13. The van der Waals surface area contributed by atoms with Crippen LogP contribution in [0.15, 0.2) is 18.2 Å². The average molecular weight is 529 g/mol. The van der Waals surface area contributed by atoms with Crippen molar-refractivity contribution < 1.29 is 4.48 Å². The van der Waals surface area contributed by atoms with Crippen molar-refractivity contribution in [3.05, 3.63) is 34.9 Å². The minimum Gasteiger partial charge on any atom is -0.320 e. The summed E-state index contributed by atoms with van der Waals surface area (Å²) < 4.78 is 1.34. The van der Waals surface area contributed by atoms with Gasteiger partial charge in [0.1, 0.15) is 6.54 Å². The summed E-state index contributed by atoms with van der Waals surface area (Å²) in [5, 5.41) is 0.